The second kappa shape index (κ2) is 1.45. The van der Waals surface area contributed by atoms with Crippen molar-refractivity contribution in [3.05, 3.63) is 12.3 Å². The summed E-state index contributed by atoms with van der Waals surface area (Å²) in [7, 11) is 0. The number of aldehydes is 1. The van der Waals surface area contributed by atoms with Crippen molar-refractivity contribution < 1.29 is 24.2 Å². The summed E-state index contributed by atoms with van der Waals surface area (Å²) in [5.74, 6) is -3.04. The highest BCUT2D eigenvalue weighted by atomic mass is 16.8. The molecule has 0 aromatic heterocycles. The quantitative estimate of drug-likeness (QED) is 0.421. The van der Waals surface area contributed by atoms with Crippen LogP contribution in [0.3, 0.4) is 0 Å². The number of fused-ring (bicyclic) bond motifs is 1. The van der Waals surface area contributed by atoms with Crippen LogP contribution in [0.15, 0.2) is 12.3 Å². The van der Waals surface area contributed by atoms with E-state index < -0.39 is 17.4 Å². The van der Waals surface area contributed by atoms with Gasteiger partial charge in [0.25, 0.3) is 0 Å². The van der Waals surface area contributed by atoms with Gasteiger partial charge in [0.1, 0.15) is 0 Å². The molecule has 5 heteroatoms. The predicted octanol–water partition coefficient (Wildman–Crippen LogP) is -0.721. The fraction of sp³-hybridized carbons (Fsp3) is 0.333. The zero-order valence-electron chi connectivity index (χ0n) is 5.31. The van der Waals surface area contributed by atoms with E-state index in [2.05, 4.69) is 9.47 Å². The van der Waals surface area contributed by atoms with Crippen LogP contribution < -0.4 is 0 Å². The topological polar surface area (TPSA) is 76.1 Å². The van der Waals surface area contributed by atoms with Gasteiger partial charge in [0, 0.05) is 0 Å². The summed E-state index contributed by atoms with van der Waals surface area (Å²) >= 11 is 0. The van der Waals surface area contributed by atoms with Crippen LogP contribution in [0.25, 0.3) is 0 Å². The van der Waals surface area contributed by atoms with E-state index in [9.17, 15) is 9.59 Å². The van der Waals surface area contributed by atoms with Crippen LogP contribution in [0.4, 0.5) is 0 Å². The van der Waals surface area contributed by atoms with E-state index in [0.717, 1.165) is 6.26 Å². The summed E-state index contributed by atoms with van der Waals surface area (Å²) in [5, 5.41) is 8.56. The Balaban J connectivity index is 2.37. The van der Waals surface area contributed by atoms with Crippen molar-refractivity contribution in [3.63, 3.8) is 0 Å². The molecule has 1 N–H and O–H groups in total. The number of hydrogen-bond acceptors (Lipinski definition) is 4. The molecule has 2 aliphatic heterocycles. The molecule has 5 nitrogen and oxygen atoms in total. The van der Waals surface area contributed by atoms with Crippen molar-refractivity contribution in [3.8, 4) is 0 Å². The van der Waals surface area contributed by atoms with Gasteiger partial charge in [-0.3, -0.25) is 4.79 Å². The molecule has 1 saturated heterocycles. The Kier molecular flexibility index (Phi) is 0.839. The summed E-state index contributed by atoms with van der Waals surface area (Å²) < 4.78 is 9.30. The van der Waals surface area contributed by atoms with Gasteiger partial charge in [0.15, 0.2) is 6.29 Å². The molecule has 2 rings (SSSR count). The van der Waals surface area contributed by atoms with E-state index >= 15 is 0 Å². The Morgan fingerprint density at radius 2 is 2.36 bits per heavy atom. The lowest BCUT2D eigenvalue weighted by Gasteiger charge is -2.01. The Morgan fingerprint density at radius 3 is 2.73 bits per heavy atom. The van der Waals surface area contributed by atoms with Gasteiger partial charge in [-0.2, -0.15) is 0 Å². The van der Waals surface area contributed by atoms with Crippen LogP contribution >= 0.6 is 0 Å². The lowest BCUT2D eigenvalue weighted by molar-refractivity contribution is -0.157. The minimum absolute atomic E-state index is 0.421. The molecule has 2 atom stereocenters. The van der Waals surface area contributed by atoms with Gasteiger partial charge >= 0.3 is 11.8 Å². The molecule has 2 aliphatic rings. The summed E-state index contributed by atoms with van der Waals surface area (Å²) in [6.45, 7) is 0. The fourth-order valence-electron chi connectivity index (χ4n) is 1.11. The molecular formula is C6H4O5. The number of carboxylic acid groups (broad SMARTS) is 1. The van der Waals surface area contributed by atoms with Gasteiger partial charge < -0.3 is 14.6 Å². The van der Waals surface area contributed by atoms with Gasteiger partial charge in [0.2, 0.25) is 5.60 Å². The Morgan fingerprint density at radius 1 is 1.64 bits per heavy atom. The van der Waals surface area contributed by atoms with Gasteiger partial charge in [-0.15, -0.1) is 0 Å². The lowest BCUT2D eigenvalue weighted by Crippen LogP contribution is -2.32. The monoisotopic (exact) mass is 156 g/mol. The minimum atomic E-state index is -1.76. The highest BCUT2D eigenvalue weighted by molar-refractivity contribution is 5.92. The van der Waals surface area contributed by atoms with Gasteiger partial charge in [-0.25, -0.2) is 4.79 Å². The fourth-order valence-corrected chi connectivity index (χ4v) is 1.11. The molecule has 0 amide bonds. The van der Waals surface area contributed by atoms with Crippen LogP contribution in [0.5, 0.6) is 0 Å². The zero-order chi connectivity index (χ0) is 8.11. The van der Waals surface area contributed by atoms with Crippen molar-refractivity contribution in [2.45, 2.75) is 11.4 Å². The molecule has 58 valence electrons. The van der Waals surface area contributed by atoms with Gasteiger partial charge in [-0.1, -0.05) is 0 Å². The van der Waals surface area contributed by atoms with Crippen molar-refractivity contribution in [2.24, 2.45) is 0 Å². The van der Waals surface area contributed by atoms with Crippen LogP contribution in [0.2, 0.25) is 0 Å². The number of rotatable bonds is 2. The van der Waals surface area contributed by atoms with Crippen molar-refractivity contribution in [1.82, 2.24) is 0 Å². The maximum absolute atomic E-state index is 10.5. The van der Waals surface area contributed by atoms with Gasteiger partial charge in [-0.05, 0) is 6.08 Å². The third-order valence-electron chi connectivity index (χ3n) is 1.79. The normalized spacial score (nSPS) is 44.4. The van der Waals surface area contributed by atoms with E-state index in [1.54, 1.807) is 0 Å². The molecule has 1 fully saturated rings. The minimum Gasteiger partial charge on any atom is -0.476 e. The van der Waals surface area contributed by atoms with Crippen molar-refractivity contribution in [1.29, 1.82) is 0 Å². The number of carbonyl (C=O) groups is 2. The number of ether oxygens (including phenoxy) is 2. The smallest absolute Gasteiger partial charge is 0.381 e. The molecule has 2 heterocycles. The first kappa shape index (κ1) is 6.36. The molecule has 0 saturated carbocycles. The summed E-state index contributed by atoms with van der Waals surface area (Å²) in [6, 6.07) is 0. The second-order valence-electron chi connectivity index (χ2n) is 2.36. The molecule has 0 aliphatic carbocycles. The Bertz CT molecular complexity index is 270. The van der Waals surface area contributed by atoms with E-state index in [-0.39, 0.29) is 0 Å². The number of hydrogen-bond donors (Lipinski definition) is 1. The van der Waals surface area contributed by atoms with E-state index in [1.807, 2.05) is 0 Å². The highest BCUT2D eigenvalue weighted by Crippen LogP contribution is 2.52. The maximum atomic E-state index is 10.5. The van der Waals surface area contributed by atoms with Crippen LogP contribution in [0.1, 0.15) is 0 Å². The van der Waals surface area contributed by atoms with Crippen LogP contribution in [0, 0.1) is 0 Å². The molecule has 11 heavy (non-hydrogen) atoms. The average Bonchev–Trinajstić information content (AvgIpc) is 2.52. The van der Waals surface area contributed by atoms with E-state index in [4.69, 9.17) is 5.11 Å². The standard InChI is InChI=1S/C6H4O5/c7-3-5-1-2-10-6(5,11-5)4(8)9/h1-3H,(H,8,9). The van der Waals surface area contributed by atoms with Crippen molar-refractivity contribution in [2.75, 3.05) is 0 Å². The average molecular weight is 156 g/mol. The largest absolute Gasteiger partial charge is 0.476 e. The second-order valence-corrected chi connectivity index (χ2v) is 2.36. The van der Waals surface area contributed by atoms with E-state index in [1.165, 1.54) is 6.08 Å². The number of carbonyl (C=O) groups excluding carboxylic acids is 1. The SMILES string of the molecule is O=CC12C=COC1(C(=O)O)O2. The zero-order valence-corrected chi connectivity index (χ0v) is 5.31. The molecule has 0 aromatic rings. The van der Waals surface area contributed by atoms with Crippen molar-refractivity contribution >= 4 is 12.3 Å². The third kappa shape index (κ3) is 0.464. The molecule has 2 unspecified atom stereocenters. The first-order chi connectivity index (χ1) is 5.17. The van der Waals surface area contributed by atoms with Gasteiger partial charge in [0.05, 0.1) is 6.26 Å². The molecular weight excluding hydrogens is 152 g/mol. The molecule has 0 spiro atoms. The van der Waals surface area contributed by atoms with Crippen LogP contribution in [-0.2, 0) is 19.1 Å². The first-order valence-corrected chi connectivity index (χ1v) is 2.92. The molecule has 0 radical (unpaired) electrons. The molecule has 0 aromatic carbocycles. The third-order valence-corrected chi connectivity index (χ3v) is 1.79. The highest BCUT2D eigenvalue weighted by Gasteiger charge is 2.80. The number of carboxylic acids is 1. The maximum Gasteiger partial charge on any atom is 0.381 e. The Labute approximate surface area is 61.2 Å². The summed E-state index contributed by atoms with van der Waals surface area (Å²) in [6.07, 6.45) is 2.87. The number of epoxide rings is 1. The van der Waals surface area contributed by atoms with E-state index in [0.29, 0.717) is 6.29 Å². The molecule has 0 bridgehead atoms. The number of aliphatic carboxylic acids is 1. The lowest BCUT2D eigenvalue weighted by atomic mass is 10.1. The summed E-state index contributed by atoms with van der Waals surface area (Å²) in [4.78, 5) is 20.8. The Hall–Kier alpha value is -1.36. The predicted molar refractivity (Wildman–Crippen MR) is 30.5 cm³/mol. The van der Waals surface area contributed by atoms with Crippen LogP contribution in [-0.4, -0.2) is 28.8 Å². The first-order valence-electron chi connectivity index (χ1n) is 2.92. The summed E-state index contributed by atoms with van der Waals surface area (Å²) in [5.41, 5.74) is -1.36.